The molecule has 0 aromatic carbocycles. The fourth-order valence-corrected chi connectivity index (χ4v) is 5.15. The molecule has 2 N–H and O–H groups in total. The molecule has 0 bridgehead atoms. The van der Waals surface area contributed by atoms with Crippen LogP contribution in [0.3, 0.4) is 0 Å². The topological polar surface area (TPSA) is 113 Å². The minimum atomic E-state index is -0.0696. The Labute approximate surface area is 184 Å². The number of hydrogen-bond acceptors (Lipinski definition) is 7. The van der Waals surface area contributed by atoms with Gasteiger partial charge in [0, 0.05) is 48.1 Å². The number of likely N-dealkylation sites (tertiary alicyclic amines) is 1. The van der Waals surface area contributed by atoms with E-state index in [1.54, 1.807) is 13.4 Å². The number of carbonyl (C=O) groups is 1. The summed E-state index contributed by atoms with van der Waals surface area (Å²) in [6.07, 6.45) is 8.96. The first kappa shape index (κ1) is 19.0. The van der Waals surface area contributed by atoms with E-state index in [1.807, 2.05) is 33.8 Å². The monoisotopic (exact) mass is 432 g/mol. The molecular weight excluding hydrogens is 408 g/mol. The number of rotatable bonds is 5. The molecule has 1 aliphatic carbocycles. The van der Waals surface area contributed by atoms with Gasteiger partial charge in [0.1, 0.15) is 12.0 Å². The summed E-state index contributed by atoms with van der Waals surface area (Å²) in [4.78, 5) is 26.8. The minimum Gasteiger partial charge on any atom is -0.480 e. The van der Waals surface area contributed by atoms with Crippen LogP contribution >= 0.6 is 0 Å². The molecule has 2 aliphatic rings. The summed E-state index contributed by atoms with van der Waals surface area (Å²) in [7, 11) is 1.62. The molecule has 0 spiro atoms. The highest BCUT2D eigenvalue weighted by Gasteiger charge is 2.48. The second-order valence-electron chi connectivity index (χ2n) is 8.89. The lowest BCUT2D eigenvalue weighted by atomic mass is 9.73. The predicted octanol–water partition coefficient (Wildman–Crippen LogP) is 2.63. The molecule has 6 rings (SSSR count). The third-order valence-electron chi connectivity index (χ3n) is 6.72. The summed E-state index contributed by atoms with van der Waals surface area (Å²) < 4.78 is 7.51. The first-order valence-corrected chi connectivity index (χ1v) is 10.8. The van der Waals surface area contributed by atoms with E-state index >= 15 is 0 Å². The van der Waals surface area contributed by atoms with Gasteiger partial charge >= 0.3 is 0 Å². The van der Waals surface area contributed by atoms with E-state index in [2.05, 4.69) is 32.4 Å². The van der Waals surface area contributed by atoms with E-state index in [0.717, 1.165) is 48.0 Å². The van der Waals surface area contributed by atoms with Gasteiger partial charge in [0.2, 0.25) is 17.7 Å². The number of H-pyrrole nitrogens is 1. The van der Waals surface area contributed by atoms with E-state index in [1.165, 1.54) is 0 Å². The number of carbonyl (C=O) groups excluding carboxylic acids is 1. The van der Waals surface area contributed by atoms with Gasteiger partial charge in [-0.2, -0.15) is 9.97 Å². The Morgan fingerprint density at radius 3 is 2.94 bits per heavy atom. The lowest BCUT2D eigenvalue weighted by Gasteiger charge is -2.51. The molecule has 0 radical (unpaired) electrons. The van der Waals surface area contributed by atoms with Crippen molar-refractivity contribution in [2.24, 2.45) is 0 Å². The van der Waals surface area contributed by atoms with Crippen molar-refractivity contribution in [3.8, 4) is 17.0 Å². The number of aromatic amines is 1. The lowest BCUT2D eigenvalue weighted by Crippen LogP contribution is -2.59. The van der Waals surface area contributed by atoms with Crippen LogP contribution in [0.5, 0.6) is 5.88 Å². The van der Waals surface area contributed by atoms with Crippen molar-refractivity contribution in [2.75, 3.05) is 19.0 Å². The molecule has 1 amide bonds. The van der Waals surface area contributed by atoms with Gasteiger partial charge in [-0.25, -0.2) is 0 Å². The summed E-state index contributed by atoms with van der Waals surface area (Å²) in [6, 6.07) is 4.14. The van der Waals surface area contributed by atoms with Crippen LogP contribution in [0.1, 0.15) is 32.6 Å². The Hall–Kier alpha value is -3.69. The van der Waals surface area contributed by atoms with E-state index in [-0.39, 0.29) is 17.5 Å². The van der Waals surface area contributed by atoms with Crippen LogP contribution in [0.4, 0.5) is 5.95 Å². The Morgan fingerprint density at radius 1 is 1.28 bits per heavy atom. The zero-order chi connectivity index (χ0) is 21.9. The SMILES string of the molecule is COc1nc(N[C@H]2C[C@](C)(N3CCCC3=O)C2)nc2[nH]cc(-c3ccc4nncn4c3)c12. The quantitative estimate of drug-likeness (QED) is 0.498. The molecule has 1 saturated heterocycles. The summed E-state index contributed by atoms with van der Waals surface area (Å²) in [5.41, 5.74) is 3.35. The molecule has 10 nitrogen and oxygen atoms in total. The molecule has 0 unspecified atom stereocenters. The van der Waals surface area contributed by atoms with Crippen LogP contribution in [0.15, 0.2) is 30.9 Å². The van der Waals surface area contributed by atoms with Crippen molar-refractivity contribution in [1.29, 1.82) is 0 Å². The van der Waals surface area contributed by atoms with E-state index in [9.17, 15) is 4.79 Å². The molecule has 1 aliphatic heterocycles. The van der Waals surface area contributed by atoms with Gasteiger partial charge in [0.05, 0.1) is 12.5 Å². The third-order valence-corrected chi connectivity index (χ3v) is 6.72. The van der Waals surface area contributed by atoms with Crippen molar-refractivity contribution < 1.29 is 9.53 Å². The molecule has 5 heterocycles. The van der Waals surface area contributed by atoms with Crippen LogP contribution < -0.4 is 10.1 Å². The van der Waals surface area contributed by atoms with Gasteiger partial charge in [-0.05, 0) is 38.3 Å². The van der Waals surface area contributed by atoms with Crippen molar-refractivity contribution in [3.05, 3.63) is 30.9 Å². The number of methoxy groups -OCH3 is 1. The maximum Gasteiger partial charge on any atom is 0.228 e. The van der Waals surface area contributed by atoms with Crippen LogP contribution in [0, 0.1) is 0 Å². The van der Waals surface area contributed by atoms with Crippen molar-refractivity contribution >= 4 is 28.5 Å². The van der Waals surface area contributed by atoms with Crippen LogP contribution in [-0.4, -0.2) is 65.6 Å². The highest BCUT2D eigenvalue weighted by Crippen LogP contribution is 2.41. The lowest BCUT2D eigenvalue weighted by molar-refractivity contribution is -0.136. The molecular formula is C22H24N8O2. The average molecular weight is 432 g/mol. The standard InChI is InChI=1S/C22H24N8O2/c1-22(30-7-3-4-17(30)31)8-14(9-22)25-21-26-19-18(20(27-21)32-2)15(10-23-19)13-5-6-16-28-24-12-29(16)11-13/h5-6,10-12,14H,3-4,7-9H2,1-2H3,(H2,23,25,26,27)/t14-,22-. The highest BCUT2D eigenvalue weighted by atomic mass is 16.5. The van der Waals surface area contributed by atoms with E-state index in [4.69, 9.17) is 9.72 Å². The Morgan fingerprint density at radius 2 is 2.16 bits per heavy atom. The summed E-state index contributed by atoms with van der Waals surface area (Å²) in [6.45, 7) is 3.04. The smallest absolute Gasteiger partial charge is 0.228 e. The van der Waals surface area contributed by atoms with Crippen LogP contribution in [0.25, 0.3) is 27.8 Å². The van der Waals surface area contributed by atoms with E-state index < -0.39 is 0 Å². The van der Waals surface area contributed by atoms with Crippen molar-refractivity contribution in [3.63, 3.8) is 0 Å². The van der Waals surface area contributed by atoms with Gasteiger partial charge in [-0.3, -0.25) is 9.20 Å². The second-order valence-corrected chi connectivity index (χ2v) is 8.89. The molecule has 1 saturated carbocycles. The molecule has 4 aromatic rings. The number of amides is 1. The van der Waals surface area contributed by atoms with E-state index in [0.29, 0.717) is 23.9 Å². The van der Waals surface area contributed by atoms with Gasteiger partial charge in [-0.1, -0.05) is 0 Å². The number of nitrogens with zero attached hydrogens (tertiary/aromatic N) is 6. The normalized spacial score (nSPS) is 23.1. The highest BCUT2D eigenvalue weighted by molar-refractivity contribution is 5.97. The maximum atomic E-state index is 12.1. The Kier molecular flexibility index (Phi) is 4.11. The summed E-state index contributed by atoms with van der Waals surface area (Å²) in [5, 5.41) is 12.2. The number of hydrogen-bond donors (Lipinski definition) is 2. The average Bonchev–Trinajstić information content (AvgIpc) is 3.50. The first-order valence-electron chi connectivity index (χ1n) is 10.8. The van der Waals surface area contributed by atoms with Crippen LogP contribution in [-0.2, 0) is 4.79 Å². The Bertz CT molecular complexity index is 1340. The molecule has 10 heteroatoms. The van der Waals surface area contributed by atoms with Gasteiger partial charge in [0.25, 0.3) is 0 Å². The zero-order valence-electron chi connectivity index (χ0n) is 18.0. The summed E-state index contributed by atoms with van der Waals surface area (Å²) in [5.74, 6) is 1.31. The van der Waals surface area contributed by atoms with Gasteiger partial charge in [0.15, 0.2) is 5.65 Å². The summed E-state index contributed by atoms with van der Waals surface area (Å²) >= 11 is 0. The first-order chi connectivity index (χ1) is 15.5. The third kappa shape index (κ3) is 2.89. The largest absolute Gasteiger partial charge is 0.480 e. The number of nitrogens with one attached hydrogen (secondary N) is 2. The molecule has 32 heavy (non-hydrogen) atoms. The molecule has 4 aromatic heterocycles. The number of aromatic nitrogens is 6. The number of fused-ring (bicyclic) bond motifs is 2. The number of anilines is 1. The minimum absolute atomic E-state index is 0.0696. The predicted molar refractivity (Wildman–Crippen MR) is 118 cm³/mol. The van der Waals surface area contributed by atoms with Crippen LogP contribution in [0.2, 0.25) is 0 Å². The van der Waals surface area contributed by atoms with Gasteiger partial charge < -0.3 is 19.9 Å². The van der Waals surface area contributed by atoms with Gasteiger partial charge in [-0.15, -0.1) is 10.2 Å². The van der Waals surface area contributed by atoms with Crippen molar-refractivity contribution in [2.45, 2.75) is 44.2 Å². The molecule has 164 valence electrons. The molecule has 0 atom stereocenters. The second kappa shape index (κ2) is 6.91. The molecule has 2 fully saturated rings. The fraction of sp³-hybridized carbons (Fsp3) is 0.409. The Balaban J connectivity index is 1.27. The number of ether oxygens (including phenoxy) is 1. The maximum absolute atomic E-state index is 12.1. The number of pyridine rings is 1. The zero-order valence-corrected chi connectivity index (χ0v) is 18.0. The van der Waals surface area contributed by atoms with Crippen molar-refractivity contribution in [1.82, 2.24) is 34.4 Å². The fourth-order valence-electron chi connectivity index (χ4n) is 5.15.